The molecule has 0 aliphatic heterocycles. The molecule has 0 aliphatic rings. The zero-order valence-electron chi connectivity index (χ0n) is 13.0. The lowest BCUT2D eigenvalue weighted by atomic mass is 10.2. The highest BCUT2D eigenvalue weighted by molar-refractivity contribution is 5.41. The molecule has 0 fully saturated rings. The van der Waals surface area contributed by atoms with Gasteiger partial charge in [0, 0.05) is 18.9 Å². The van der Waals surface area contributed by atoms with Crippen LogP contribution in [-0.2, 0) is 6.54 Å². The summed E-state index contributed by atoms with van der Waals surface area (Å²) in [6.07, 6.45) is 4.66. The third-order valence-electron chi connectivity index (χ3n) is 3.80. The Kier molecular flexibility index (Phi) is 3.85. The Labute approximate surface area is 131 Å². The molecule has 7 heteroatoms. The molecule has 2 heterocycles. The van der Waals surface area contributed by atoms with E-state index < -0.39 is 5.56 Å². The van der Waals surface area contributed by atoms with Crippen LogP contribution in [0.4, 0.5) is 4.39 Å². The van der Waals surface area contributed by atoms with E-state index in [0.717, 1.165) is 12.8 Å². The first kappa shape index (κ1) is 15.2. The van der Waals surface area contributed by atoms with Crippen molar-refractivity contribution in [3.63, 3.8) is 0 Å². The standard InChI is InChI=1S/C16H17FN4O2/c1-3-4-7-21-16(23)20-9-8-19(15(22)14(20)18-21)12-6-5-11(2)13(17)10-12/h5-6,8-10H,3-4,7H2,1-2H3. The van der Waals surface area contributed by atoms with Crippen LogP contribution in [0.1, 0.15) is 25.3 Å². The minimum atomic E-state index is -0.455. The molecule has 3 aromatic rings. The number of nitrogens with zero attached hydrogens (tertiary/aromatic N) is 4. The first-order valence-corrected chi connectivity index (χ1v) is 7.50. The fraction of sp³-hybridized carbons (Fsp3) is 0.312. The first-order valence-electron chi connectivity index (χ1n) is 7.50. The van der Waals surface area contributed by atoms with E-state index in [1.807, 2.05) is 6.92 Å². The van der Waals surface area contributed by atoms with Gasteiger partial charge < -0.3 is 0 Å². The quantitative estimate of drug-likeness (QED) is 0.738. The van der Waals surface area contributed by atoms with Crippen LogP contribution in [0, 0.1) is 12.7 Å². The predicted molar refractivity (Wildman–Crippen MR) is 84.7 cm³/mol. The Morgan fingerprint density at radius 2 is 2.00 bits per heavy atom. The lowest BCUT2D eigenvalue weighted by Gasteiger charge is -2.06. The zero-order valence-corrected chi connectivity index (χ0v) is 13.0. The second kappa shape index (κ2) is 5.83. The number of aromatic nitrogens is 4. The first-order chi connectivity index (χ1) is 11.0. The molecule has 0 amide bonds. The Morgan fingerprint density at radius 3 is 2.70 bits per heavy atom. The van der Waals surface area contributed by atoms with E-state index in [9.17, 15) is 14.0 Å². The van der Waals surface area contributed by atoms with E-state index in [0.29, 0.717) is 17.8 Å². The number of halogens is 1. The van der Waals surface area contributed by atoms with E-state index in [1.165, 1.54) is 32.1 Å². The molecule has 0 saturated heterocycles. The van der Waals surface area contributed by atoms with Crippen LogP contribution in [-0.4, -0.2) is 18.7 Å². The van der Waals surface area contributed by atoms with Gasteiger partial charge in [-0.2, -0.15) is 0 Å². The van der Waals surface area contributed by atoms with Gasteiger partial charge in [0.25, 0.3) is 0 Å². The Morgan fingerprint density at radius 1 is 1.22 bits per heavy atom. The van der Waals surface area contributed by atoms with Crippen molar-refractivity contribution in [1.29, 1.82) is 0 Å². The second-order valence-electron chi connectivity index (χ2n) is 5.46. The monoisotopic (exact) mass is 316 g/mol. The largest absolute Gasteiger partial charge is 0.350 e. The third kappa shape index (κ3) is 2.58. The van der Waals surface area contributed by atoms with Crippen LogP contribution in [0.25, 0.3) is 11.3 Å². The lowest BCUT2D eigenvalue weighted by molar-refractivity contribution is 0.554. The highest BCUT2D eigenvalue weighted by atomic mass is 19.1. The van der Waals surface area contributed by atoms with E-state index in [1.54, 1.807) is 19.1 Å². The maximum absolute atomic E-state index is 13.7. The average Bonchev–Trinajstić information content (AvgIpc) is 2.86. The van der Waals surface area contributed by atoms with Crippen molar-refractivity contribution in [2.45, 2.75) is 33.2 Å². The molecule has 0 saturated carbocycles. The summed E-state index contributed by atoms with van der Waals surface area (Å²) >= 11 is 0. The molecule has 0 bridgehead atoms. The Balaban J connectivity index is 2.17. The summed E-state index contributed by atoms with van der Waals surface area (Å²) in [6.45, 7) is 4.13. The van der Waals surface area contributed by atoms with E-state index in [2.05, 4.69) is 5.10 Å². The van der Waals surface area contributed by atoms with Gasteiger partial charge in [-0.1, -0.05) is 19.4 Å². The van der Waals surface area contributed by atoms with Gasteiger partial charge in [0.05, 0.1) is 5.69 Å². The molecule has 0 aliphatic carbocycles. The summed E-state index contributed by atoms with van der Waals surface area (Å²) in [7, 11) is 0. The fourth-order valence-electron chi connectivity index (χ4n) is 2.40. The van der Waals surface area contributed by atoms with Gasteiger partial charge >= 0.3 is 11.2 Å². The van der Waals surface area contributed by atoms with Crippen LogP contribution in [0.5, 0.6) is 0 Å². The van der Waals surface area contributed by atoms with Crippen molar-refractivity contribution in [2.24, 2.45) is 0 Å². The molecule has 23 heavy (non-hydrogen) atoms. The summed E-state index contributed by atoms with van der Waals surface area (Å²) in [6, 6.07) is 4.55. The van der Waals surface area contributed by atoms with Crippen molar-refractivity contribution in [2.75, 3.05) is 0 Å². The summed E-state index contributed by atoms with van der Waals surface area (Å²) in [5, 5.41) is 4.12. The van der Waals surface area contributed by atoms with Gasteiger partial charge in [-0.3, -0.25) is 9.36 Å². The van der Waals surface area contributed by atoms with Gasteiger partial charge in [-0.25, -0.2) is 18.3 Å². The maximum Gasteiger partial charge on any atom is 0.350 e. The van der Waals surface area contributed by atoms with Gasteiger partial charge in [0.15, 0.2) is 0 Å². The zero-order chi connectivity index (χ0) is 16.6. The number of fused-ring (bicyclic) bond motifs is 1. The fourth-order valence-corrected chi connectivity index (χ4v) is 2.40. The molecule has 0 unspecified atom stereocenters. The number of benzene rings is 1. The van der Waals surface area contributed by atoms with E-state index in [4.69, 9.17) is 0 Å². The molecule has 1 aromatic carbocycles. The van der Waals surface area contributed by atoms with Crippen molar-refractivity contribution >= 4 is 5.65 Å². The van der Waals surface area contributed by atoms with Gasteiger partial charge in [-0.15, -0.1) is 5.10 Å². The topological polar surface area (TPSA) is 61.3 Å². The number of hydrogen-bond donors (Lipinski definition) is 0. The number of hydrogen-bond acceptors (Lipinski definition) is 3. The molecular formula is C16H17FN4O2. The summed E-state index contributed by atoms with van der Waals surface area (Å²) in [5.41, 5.74) is 0.143. The number of aryl methyl sites for hydroxylation is 2. The van der Waals surface area contributed by atoms with Crippen molar-refractivity contribution < 1.29 is 4.39 Å². The predicted octanol–water partition coefficient (Wildman–Crippen LogP) is 1.89. The highest BCUT2D eigenvalue weighted by Crippen LogP contribution is 2.12. The third-order valence-corrected chi connectivity index (χ3v) is 3.80. The Bertz CT molecular complexity index is 984. The van der Waals surface area contributed by atoms with Gasteiger partial charge in [0.2, 0.25) is 5.65 Å². The molecule has 3 rings (SSSR count). The minimum absolute atomic E-state index is 0.0367. The maximum atomic E-state index is 13.7. The second-order valence-corrected chi connectivity index (χ2v) is 5.46. The summed E-state index contributed by atoms with van der Waals surface area (Å²) < 4.78 is 17.5. The van der Waals surface area contributed by atoms with Crippen LogP contribution in [0.3, 0.4) is 0 Å². The molecular weight excluding hydrogens is 299 g/mol. The SMILES string of the molecule is CCCCn1nc2c(=O)n(-c3ccc(C)c(F)c3)ccn2c1=O. The summed E-state index contributed by atoms with van der Waals surface area (Å²) in [4.78, 5) is 24.8. The van der Waals surface area contributed by atoms with Crippen molar-refractivity contribution in [3.8, 4) is 5.69 Å². The number of rotatable bonds is 4. The molecule has 6 nitrogen and oxygen atoms in total. The average molecular weight is 316 g/mol. The normalized spacial score (nSPS) is 11.3. The molecule has 0 radical (unpaired) electrons. The lowest BCUT2D eigenvalue weighted by Crippen LogP contribution is -2.24. The van der Waals surface area contributed by atoms with E-state index >= 15 is 0 Å². The summed E-state index contributed by atoms with van der Waals surface area (Å²) in [5.74, 6) is -0.389. The van der Waals surface area contributed by atoms with Crippen molar-refractivity contribution in [3.05, 3.63) is 62.8 Å². The smallest absolute Gasteiger partial charge is 0.279 e. The van der Waals surface area contributed by atoms with Crippen molar-refractivity contribution in [1.82, 2.24) is 18.7 Å². The minimum Gasteiger partial charge on any atom is -0.279 e. The van der Waals surface area contributed by atoms with Crippen LogP contribution in [0.2, 0.25) is 0 Å². The number of unbranched alkanes of at least 4 members (excludes halogenated alkanes) is 1. The van der Waals surface area contributed by atoms with Gasteiger partial charge in [-0.05, 0) is 31.0 Å². The van der Waals surface area contributed by atoms with Gasteiger partial charge in [0.1, 0.15) is 5.82 Å². The van der Waals surface area contributed by atoms with Crippen LogP contribution >= 0.6 is 0 Å². The molecule has 0 atom stereocenters. The van der Waals surface area contributed by atoms with Crippen LogP contribution < -0.4 is 11.2 Å². The molecule has 120 valence electrons. The van der Waals surface area contributed by atoms with E-state index in [-0.39, 0.29) is 17.2 Å². The highest BCUT2D eigenvalue weighted by Gasteiger charge is 2.13. The molecule has 0 spiro atoms. The molecule has 2 aromatic heterocycles. The Hall–Kier alpha value is -2.70. The van der Waals surface area contributed by atoms with Crippen LogP contribution in [0.15, 0.2) is 40.2 Å². The molecule has 0 N–H and O–H groups in total.